The summed E-state index contributed by atoms with van der Waals surface area (Å²) in [6.07, 6.45) is 0. The average Bonchev–Trinajstić information content (AvgIpc) is 3.08. The van der Waals surface area contributed by atoms with Gasteiger partial charge < -0.3 is 9.42 Å². The first-order valence-electron chi connectivity index (χ1n) is 8.09. The van der Waals surface area contributed by atoms with E-state index >= 15 is 0 Å². The lowest BCUT2D eigenvalue weighted by Gasteiger charge is -2.25. The Balaban J connectivity index is 1.82. The summed E-state index contributed by atoms with van der Waals surface area (Å²) in [5.41, 5.74) is 1.23. The van der Waals surface area contributed by atoms with Crippen LogP contribution in [-0.4, -0.2) is 27.0 Å². The van der Waals surface area contributed by atoms with Crippen molar-refractivity contribution in [2.45, 2.75) is 26.4 Å². The number of aromatic nitrogens is 2. The Morgan fingerprint density at radius 2 is 1.81 bits per heavy atom. The van der Waals surface area contributed by atoms with Gasteiger partial charge in [-0.2, -0.15) is 4.98 Å². The zero-order valence-corrected chi connectivity index (χ0v) is 15.8. The second kappa shape index (κ2) is 7.89. The second-order valence-corrected chi connectivity index (χ2v) is 6.87. The van der Waals surface area contributed by atoms with E-state index in [0.29, 0.717) is 27.3 Å². The van der Waals surface area contributed by atoms with E-state index in [0.717, 1.165) is 5.56 Å². The van der Waals surface area contributed by atoms with Gasteiger partial charge in [0.15, 0.2) is 0 Å². The molecular formula is C19H17Cl2N3O2. The third-order valence-electron chi connectivity index (χ3n) is 3.86. The van der Waals surface area contributed by atoms with Crippen molar-refractivity contribution >= 4 is 29.1 Å². The number of nitrogens with zero attached hydrogens (tertiary/aromatic N) is 3. The molecule has 0 spiro atoms. The zero-order valence-electron chi connectivity index (χ0n) is 14.3. The van der Waals surface area contributed by atoms with Crippen LogP contribution in [-0.2, 0) is 6.54 Å². The zero-order chi connectivity index (χ0) is 18.7. The van der Waals surface area contributed by atoms with Gasteiger partial charge >= 0.3 is 0 Å². The van der Waals surface area contributed by atoms with Crippen LogP contribution in [0.3, 0.4) is 0 Å². The molecule has 3 rings (SSSR count). The third kappa shape index (κ3) is 4.06. The maximum absolute atomic E-state index is 12.9. The van der Waals surface area contributed by atoms with E-state index in [1.807, 2.05) is 26.0 Å². The summed E-state index contributed by atoms with van der Waals surface area (Å²) in [5, 5.41) is 5.03. The Morgan fingerprint density at radius 3 is 2.46 bits per heavy atom. The lowest BCUT2D eigenvalue weighted by Crippen LogP contribution is -2.36. The first-order chi connectivity index (χ1) is 12.5. The van der Waals surface area contributed by atoms with E-state index in [-0.39, 0.29) is 18.5 Å². The first kappa shape index (κ1) is 18.4. The number of halogens is 2. The fraction of sp³-hybridized carbons (Fsp3) is 0.211. The topological polar surface area (TPSA) is 59.2 Å². The molecule has 0 aliphatic rings. The van der Waals surface area contributed by atoms with Crippen LogP contribution in [0.25, 0.3) is 11.4 Å². The predicted molar refractivity (Wildman–Crippen MR) is 101 cm³/mol. The van der Waals surface area contributed by atoms with Crippen LogP contribution in [0.1, 0.15) is 30.1 Å². The third-order valence-corrected chi connectivity index (χ3v) is 4.45. The molecule has 2 aromatic carbocycles. The van der Waals surface area contributed by atoms with Crippen molar-refractivity contribution in [2.24, 2.45) is 0 Å². The van der Waals surface area contributed by atoms with Crippen LogP contribution in [0.2, 0.25) is 10.0 Å². The summed E-state index contributed by atoms with van der Waals surface area (Å²) in [6, 6.07) is 14.0. The summed E-state index contributed by atoms with van der Waals surface area (Å²) in [5.74, 6) is 0.617. The Morgan fingerprint density at radius 1 is 1.12 bits per heavy atom. The molecule has 5 nitrogen and oxygen atoms in total. The maximum Gasteiger partial charge on any atom is 0.256 e. The lowest BCUT2D eigenvalue weighted by atomic mass is 10.1. The van der Waals surface area contributed by atoms with Gasteiger partial charge in [-0.3, -0.25) is 4.79 Å². The molecule has 7 heteroatoms. The van der Waals surface area contributed by atoms with Crippen molar-refractivity contribution in [3.63, 3.8) is 0 Å². The molecule has 134 valence electrons. The van der Waals surface area contributed by atoms with Gasteiger partial charge in [-0.15, -0.1) is 0 Å². The summed E-state index contributed by atoms with van der Waals surface area (Å²) in [7, 11) is 0. The van der Waals surface area contributed by atoms with Gasteiger partial charge in [0, 0.05) is 16.6 Å². The molecule has 0 radical (unpaired) electrons. The van der Waals surface area contributed by atoms with Crippen molar-refractivity contribution < 1.29 is 9.32 Å². The number of amides is 1. The molecule has 3 aromatic rings. The monoisotopic (exact) mass is 389 g/mol. The molecule has 0 atom stereocenters. The molecule has 1 amide bonds. The van der Waals surface area contributed by atoms with Crippen LogP contribution in [0, 0.1) is 0 Å². The highest BCUT2D eigenvalue weighted by atomic mass is 35.5. The van der Waals surface area contributed by atoms with Gasteiger partial charge in [0.2, 0.25) is 11.7 Å². The number of hydrogen-bond donors (Lipinski definition) is 0. The van der Waals surface area contributed by atoms with E-state index in [2.05, 4.69) is 10.1 Å². The van der Waals surface area contributed by atoms with Crippen molar-refractivity contribution in [3.05, 3.63) is 70.0 Å². The summed E-state index contributed by atoms with van der Waals surface area (Å²) >= 11 is 12.1. The van der Waals surface area contributed by atoms with E-state index in [1.54, 1.807) is 41.3 Å². The molecule has 0 unspecified atom stereocenters. The minimum absolute atomic E-state index is 0.0651. The van der Waals surface area contributed by atoms with Gasteiger partial charge in [0.25, 0.3) is 5.91 Å². The van der Waals surface area contributed by atoms with Gasteiger partial charge in [-0.1, -0.05) is 40.5 Å². The van der Waals surface area contributed by atoms with E-state index in [4.69, 9.17) is 27.7 Å². The summed E-state index contributed by atoms with van der Waals surface area (Å²) in [4.78, 5) is 18.9. The molecule has 0 aliphatic carbocycles. The van der Waals surface area contributed by atoms with Crippen LogP contribution < -0.4 is 0 Å². The number of rotatable bonds is 5. The van der Waals surface area contributed by atoms with Crippen LogP contribution in [0.15, 0.2) is 53.1 Å². The maximum atomic E-state index is 12.9. The number of hydrogen-bond acceptors (Lipinski definition) is 4. The molecule has 0 N–H and O–H groups in total. The normalized spacial score (nSPS) is 11.0. The Labute approximate surface area is 161 Å². The standard InChI is InChI=1S/C19H17Cl2N3O2/c1-12(2)24(19(25)15-5-3-4-6-16(15)21)11-17-22-18(23-26-17)13-7-9-14(20)10-8-13/h3-10,12H,11H2,1-2H3. The van der Waals surface area contributed by atoms with E-state index < -0.39 is 0 Å². The van der Waals surface area contributed by atoms with Crippen molar-refractivity contribution in [2.75, 3.05) is 0 Å². The summed E-state index contributed by atoms with van der Waals surface area (Å²) in [6.45, 7) is 4.04. The Kier molecular flexibility index (Phi) is 5.59. The molecular weight excluding hydrogens is 373 g/mol. The van der Waals surface area contributed by atoms with E-state index in [1.165, 1.54) is 0 Å². The Bertz CT molecular complexity index is 907. The number of carbonyl (C=O) groups is 1. The van der Waals surface area contributed by atoms with Crippen molar-refractivity contribution in [3.8, 4) is 11.4 Å². The fourth-order valence-electron chi connectivity index (χ4n) is 2.46. The second-order valence-electron chi connectivity index (χ2n) is 6.03. The average molecular weight is 390 g/mol. The highest BCUT2D eigenvalue weighted by molar-refractivity contribution is 6.33. The van der Waals surface area contributed by atoms with E-state index in [9.17, 15) is 4.79 Å². The molecule has 0 bridgehead atoms. The molecule has 0 saturated carbocycles. The minimum atomic E-state index is -0.183. The van der Waals surface area contributed by atoms with Gasteiger partial charge in [0.05, 0.1) is 10.6 Å². The number of carbonyl (C=O) groups excluding carboxylic acids is 1. The molecule has 0 saturated heterocycles. The molecule has 0 fully saturated rings. The highest BCUT2D eigenvalue weighted by Crippen LogP contribution is 2.22. The molecule has 1 aromatic heterocycles. The minimum Gasteiger partial charge on any atom is -0.337 e. The van der Waals surface area contributed by atoms with Gasteiger partial charge in [0.1, 0.15) is 6.54 Å². The lowest BCUT2D eigenvalue weighted by molar-refractivity contribution is 0.0667. The predicted octanol–water partition coefficient (Wildman–Crippen LogP) is 5.09. The summed E-state index contributed by atoms with van der Waals surface area (Å²) < 4.78 is 5.33. The molecule has 0 aliphatic heterocycles. The van der Waals surface area contributed by atoms with Crippen LogP contribution in [0.4, 0.5) is 0 Å². The van der Waals surface area contributed by atoms with Crippen LogP contribution in [0.5, 0.6) is 0 Å². The smallest absolute Gasteiger partial charge is 0.256 e. The molecule has 26 heavy (non-hydrogen) atoms. The quantitative estimate of drug-likeness (QED) is 0.609. The highest BCUT2D eigenvalue weighted by Gasteiger charge is 2.23. The largest absolute Gasteiger partial charge is 0.337 e. The number of benzene rings is 2. The molecule has 1 heterocycles. The van der Waals surface area contributed by atoms with Crippen molar-refractivity contribution in [1.29, 1.82) is 0 Å². The van der Waals surface area contributed by atoms with Crippen molar-refractivity contribution in [1.82, 2.24) is 15.0 Å². The SMILES string of the molecule is CC(C)N(Cc1nc(-c2ccc(Cl)cc2)no1)C(=O)c1ccccc1Cl. The van der Waals surface area contributed by atoms with Gasteiger partial charge in [-0.25, -0.2) is 0 Å². The van der Waals surface area contributed by atoms with Gasteiger partial charge in [-0.05, 0) is 50.2 Å². The Hall–Kier alpha value is -2.37. The fourth-order valence-corrected chi connectivity index (χ4v) is 2.80. The first-order valence-corrected chi connectivity index (χ1v) is 8.85. The van der Waals surface area contributed by atoms with Crippen LogP contribution >= 0.6 is 23.2 Å².